The van der Waals surface area contributed by atoms with Gasteiger partial charge in [0, 0.05) is 25.7 Å². The molecule has 0 saturated carbocycles. The van der Waals surface area contributed by atoms with E-state index in [-0.39, 0.29) is 0 Å². The first-order valence-corrected chi connectivity index (χ1v) is 6.99. The molecule has 100 valence electrons. The van der Waals surface area contributed by atoms with Crippen LogP contribution in [0.25, 0.3) is 0 Å². The lowest BCUT2D eigenvalue weighted by Crippen LogP contribution is -2.46. The normalized spacial score (nSPS) is 20.9. The number of para-hydroxylation sites is 1. The fourth-order valence-corrected chi connectivity index (χ4v) is 2.50. The molecule has 1 heterocycles. The van der Waals surface area contributed by atoms with Crippen LogP contribution in [0, 0.1) is 0 Å². The molecule has 1 aliphatic heterocycles. The first-order chi connectivity index (χ1) is 8.81. The van der Waals surface area contributed by atoms with Crippen molar-refractivity contribution in [1.29, 1.82) is 0 Å². The van der Waals surface area contributed by atoms with Crippen molar-refractivity contribution in [3.05, 3.63) is 29.3 Å². The predicted molar refractivity (Wildman–Crippen MR) is 76.4 cm³/mol. The van der Waals surface area contributed by atoms with Crippen molar-refractivity contribution in [1.82, 2.24) is 4.90 Å². The molecule has 1 unspecified atom stereocenters. The van der Waals surface area contributed by atoms with Crippen LogP contribution in [0.3, 0.4) is 0 Å². The molecule has 2 rings (SSSR count). The minimum Gasteiger partial charge on any atom is -0.383 e. The molecule has 0 bridgehead atoms. The van der Waals surface area contributed by atoms with E-state index in [2.05, 4.69) is 17.1 Å². The van der Waals surface area contributed by atoms with E-state index < -0.39 is 0 Å². The molecule has 0 aromatic heterocycles. The first kappa shape index (κ1) is 13.7. The van der Waals surface area contributed by atoms with E-state index in [4.69, 9.17) is 16.3 Å². The fourth-order valence-electron chi connectivity index (χ4n) is 2.30. The molecule has 1 N–H and O–H groups in total. The third-order valence-electron chi connectivity index (χ3n) is 3.41. The molecular weight excluding hydrogens is 248 g/mol. The molecule has 1 aliphatic rings. The van der Waals surface area contributed by atoms with Gasteiger partial charge in [-0.3, -0.25) is 4.90 Å². The number of hydrogen-bond acceptors (Lipinski definition) is 3. The molecule has 1 aromatic carbocycles. The van der Waals surface area contributed by atoms with E-state index in [1.807, 2.05) is 24.3 Å². The number of morpholine rings is 1. The first-order valence-electron chi connectivity index (χ1n) is 6.61. The highest BCUT2D eigenvalue weighted by atomic mass is 35.5. The Bertz CT molecular complexity index is 373. The second-order valence-electron chi connectivity index (χ2n) is 4.58. The Morgan fingerprint density at radius 3 is 3.06 bits per heavy atom. The Hall–Kier alpha value is -0.770. The van der Waals surface area contributed by atoms with Gasteiger partial charge in [-0.1, -0.05) is 30.7 Å². The zero-order valence-corrected chi connectivity index (χ0v) is 11.6. The van der Waals surface area contributed by atoms with E-state index in [0.717, 1.165) is 50.0 Å². The molecule has 0 amide bonds. The van der Waals surface area contributed by atoms with Gasteiger partial charge in [0.15, 0.2) is 0 Å². The van der Waals surface area contributed by atoms with Crippen LogP contribution in [0.5, 0.6) is 0 Å². The minimum absolute atomic E-state index is 0.562. The van der Waals surface area contributed by atoms with E-state index in [0.29, 0.717) is 6.04 Å². The summed E-state index contributed by atoms with van der Waals surface area (Å²) in [6.45, 7) is 6.91. The maximum atomic E-state index is 6.11. The van der Waals surface area contributed by atoms with Crippen molar-refractivity contribution in [2.24, 2.45) is 0 Å². The monoisotopic (exact) mass is 268 g/mol. The van der Waals surface area contributed by atoms with E-state index in [1.165, 1.54) is 0 Å². The van der Waals surface area contributed by atoms with Crippen LogP contribution in [-0.4, -0.2) is 43.8 Å². The summed E-state index contributed by atoms with van der Waals surface area (Å²) in [7, 11) is 0. The van der Waals surface area contributed by atoms with Crippen molar-refractivity contribution in [3.8, 4) is 0 Å². The number of hydrogen-bond donors (Lipinski definition) is 1. The van der Waals surface area contributed by atoms with Crippen molar-refractivity contribution in [3.63, 3.8) is 0 Å². The quantitative estimate of drug-likeness (QED) is 0.889. The number of halogens is 1. The van der Waals surface area contributed by atoms with Crippen molar-refractivity contribution in [2.45, 2.75) is 19.4 Å². The van der Waals surface area contributed by atoms with Crippen LogP contribution in [-0.2, 0) is 4.74 Å². The number of ether oxygens (including phenoxy) is 1. The Kier molecular flexibility index (Phi) is 5.29. The summed E-state index contributed by atoms with van der Waals surface area (Å²) < 4.78 is 5.50. The Morgan fingerprint density at radius 2 is 2.28 bits per heavy atom. The topological polar surface area (TPSA) is 24.5 Å². The van der Waals surface area contributed by atoms with Gasteiger partial charge in [-0.05, 0) is 18.6 Å². The van der Waals surface area contributed by atoms with Crippen LogP contribution in [0.2, 0.25) is 5.02 Å². The maximum absolute atomic E-state index is 6.11. The van der Waals surface area contributed by atoms with Gasteiger partial charge < -0.3 is 10.1 Å². The van der Waals surface area contributed by atoms with Gasteiger partial charge in [0.05, 0.1) is 23.9 Å². The largest absolute Gasteiger partial charge is 0.383 e. The second-order valence-corrected chi connectivity index (χ2v) is 4.99. The summed E-state index contributed by atoms with van der Waals surface area (Å²) in [5.74, 6) is 0. The van der Waals surface area contributed by atoms with Gasteiger partial charge >= 0.3 is 0 Å². The highest BCUT2D eigenvalue weighted by Gasteiger charge is 2.20. The van der Waals surface area contributed by atoms with Crippen LogP contribution >= 0.6 is 11.6 Å². The summed E-state index contributed by atoms with van der Waals surface area (Å²) in [5.41, 5.74) is 1.01. The van der Waals surface area contributed by atoms with Gasteiger partial charge in [-0.15, -0.1) is 0 Å². The molecule has 0 spiro atoms. The maximum Gasteiger partial charge on any atom is 0.0637 e. The second kappa shape index (κ2) is 6.98. The number of benzene rings is 1. The summed E-state index contributed by atoms with van der Waals surface area (Å²) in [6, 6.07) is 8.43. The van der Waals surface area contributed by atoms with Crippen molar-refractivity contribution >= 4 is 17.3 Å². The van der Waals surface area contributed by atoms with Crippen LogP contribution in [0.1, 0.15) is 13.3 Å². The van der Waals surface area contributed by atoms with E-state index in [1.54, 1.807) is 0 Å². The van der Waals surface area contributed by atoms with Crippen LogP contribution in [0.15, 0.2) is 24.3 Å². The lowest BCUT2D eigenvalue weighted by molar-refractivity contribution is -0.00648. The zero-order valence-electron chi connectivity index (χ0n) is 10.9. The van der Waals surface area contributed by atoms with E-state index in [9.17, 15) is 0 Å². The van der Waals surface area contributed by atoms with E-state index >= 15 is 0 Å². The summed E-state index contributed by atoms with van der Waals surface area (Å²) in [6.07, 6.45) is 1.14. The molecule has 4 heteroatoms. The average molecular weight is 269 g/mol. The van der Waals surface area contributed by atoms with Gasteiger partial charge in [0.2, 0.25) is 0 Å². The molecule has 1 saturated heterocycles. The summed E-state index contributed by atoms with van der Waals surface area (Å²) in [4.78, 5) is 2.49. The lowest BCUT2D eigenvalue weighted by Gasteiger charge is -2.35. The SMILES string of the molecule is CCC1COCCN1CCNc1ccccc1Cl. The molecular formula is C14H21ClN2O. The van der Waals surface area contributed by atoms with Gasteiger partial charge in [0.1, 0.15) is 0 Å². The molecule has 1 atom stereocenters. The summed E-state index contributed by atoms with van der Waals surface area (Å²) in [5, 5.41) is 4.17. The van der Waals surface area contributed by atoms with Crippen LogP contribution < -0.4 is 5.32 Å². The number of nitrogens with zero attached hydrogens (tertiary/aromatic N) is 1. The minimum atomic E-state index is 0.562. The smallest absolute Gasteiger partial charge is 0.0637 e. The standard InChI is InChI=1S/C14H21ClN2O/c1-2-12-11-18-10-9-17(12)8-7-16-14-6-4-3-5-13(14)15/h3-6,12,16H,2,7-11H2,1H3. The molecule has 18 heavy (non-hydrogen) atoms. The number of anilines is 1. The van der Waals surface area contributed by atoms with Gasteiger partial charge in [-0.25, -0.2) is 0 Å². The van der Waals surface area contributed by atoms with Gasteiger partial charge in [0.25, 0.3) is 0 Å². The Balaban J connectivity index is 1.79. The van der Waals surface area contributed by atoms with Crippen molar-refractivity contribution < 1.29 is 4.74 Å². The van der Waals surface area contributed by atoms with Crippen molar-refractivity contribution in [2.75, 3.05) is 38.2 Å². The third-order valence-corrected chi connectivity index (χ3v) is 3.74. The van der Waals surface area contributed by atoms with Crippen LogP contribution in [0.4, 0.5) is 5.69 Å². The summed E-state index contributed by atoms with van der Waals surface area (Å²) >= 11 is 6.11. The number of rotatable bonds is 5. The predicted octanol–water partition coefficient (Wildman–Crippen LogP) is 2.86. The molecule has 3 nitrogen and oxygen atoms in total. The molecule has 1 fully saturated rings. The fraction of sp³-hybridized carbons (Fsp3) is 0.571. The lowest BCUT2D eigenvalue weighted by atomic mass is 10.2. The zero-order chi connectivity index (χ0) is 12.8. The highest BCUT2D eigenvalue weighted by Crippen LogP contribution is 2.20. The van der Waals surface area contributed by atoms with Gasteiger partial charge in [-0.2, -0.15) is 0 Å². The Labute approximate surface area is 114 Å². The average Bonchev–Trinajstić information content (AvgIpc) is 2.41. The molecule has 0 aliphatic carbocycles. The highest BCUT2D eigenvalue weighted by molar-refractivity contribution is 6.33. The molecule has 1 aromatic rings. The molecule has 0 radical (unpaired) electrons. The Morgan fingerprint density at radius 1 is 1.44 bits per heavy atom. The number of nitrogens with one attached hydrogen (secondary N) is 1. The third kappa shape index (κ3) is 3.61.